The lowest BCUT2D eigenvalue weighted by molar-refractivity contribution is -0.137. The highest BCUT2D eigenvalue weighted by Crippen LogP contribution is 2.04. The Morgan fingerprint density at radius 1 is 0.727 bits per heavy atom. The van der Waals surface area contributed by atoms with Gasteiger partial charge in [0, 0.05) is 6.42 Å². The zero-order chi connectivity index (χ0) is 16.3. The van der Waals surface area contributed by atoms with Gasteiger partial charge in [-0.3, -0.25) is 4.79 Å². The van der Waals surface area contributed by atoms with Crippen LogP contribution in [0.2, 0.25) is 0 Å². The first-order valence-corrected chi connectivity index (χ1v) is 8.20. The Morgan fingerprint density at radius 3 is 1.73 bits per heavy atom. The van der Waals surface area contributed by atoms with Crippen LogP contribution in [0.1, 0.15) is 57.8 Å². The van der Waals surface area contributed by atoms with E-state index in [1.54, 1.807) is 0 Å². The van der Waals surface area contributed by atoms with Crippen molar-refractivity contribution in [1.29, 1.82) is 0 Å². The molecule has 0 atom stereocenters. The predicted molar refractivity (Wildman–Crippen MR) is 95.9 cm³/mol. The normalized spacial score (nSPS) is 12.2. The highest BCUT2D eigenvalue weighted by Gasteiger charge is 1.94. The highest BCUT2D eigenvalue weighted by atomic mass is 16.4. The van der Waals surface area contributed by atoms with Crippen LogP contribution in [0.5, 0.6) is 0 Å². The predicted octanol–water partition coefficient (Wildman–Crippen LogP) is 5.99. The Kier molecular flexibility index (Phi) is 15.8. The summed E-state index contributed by atoms with van der Waals surface area (Å²) in [5.41, 5.74) is 0. The minimum atomic E-state index is -0.692. The van der Waals surface area contributed by atoms with Crippen LogP contribution in [0.25, 0.3) is 0 Å². The lowest BCUT2D eigenvalue weighted by atomic mass is 10.1. The third kappa shape index (κ3) is 18.2. The second kappa shape index (κ2) is 17.2. The molecule has 0 heterocycles. The summed E-state index contributed by atoms with van der Waals surface area (Å²) in [5, 5.41) is 8.51. The number of hydrogen-bond acceptors (Lipinski definition) is 1. The van der Waals surface area contributed by atoms with E-state index < -0.39 is 5.97 Å². The van der Waals surface area contributed by atoms with Crippen LogP contribution in [-0.4, -0.2) is 11.1 Å². The number of aliphatic carboxylic acids is 1. The summed E-state index contributed by atoms with van der Waals surface area (Å²) in [4.78, 5) is 10.3. The molecule has 0 aliphatic heterocycles. The Bertz CT molecular complexity index is 387. The molecule has 1 N–H and O–H groups in total. The summed E-state index contributed by atoms with van der Waals surface area (Å²) in [6.07, 6.45) is 27.4. The van der Waals surface area contributed by atoms with Crippen LogP contribution < -0.4 is 0 Å². The molecule has 0 aliphatic rings. The van der Waals surface area contributed by atoms with E-state index in [9.17, 15) is 4.79 Å². The lowest BCUT2D eigenvalue weighted by Gasteiger charge is -1.94. The van der Waals surface area contributed by atoms with Crippen LogP contribution in [0, 0.1) is 0 Å². The van der Waals surface area contributed by atoms with E-state index in [0.29, 0.717) is 6.42 Å². The maximum atomic E-state index is 10.3. The van der Waals surface area contributed by atoms with Crippen molar-refractivity contribution in [2.45, 2.75) is 57.8 Å². The van der Waals surface area contributed by atoms with E-state index in [4.69, 9.17) is 5.11 Å². The molecule has 0 saturated heterocycles. The minimum Gasteiger partial charge on any atom is -0.481 e. The summed E-state index contributed by atoms with van der Waals surface area (Å²) in [6.45, 7) is 3.67. The van der Waals surface area contributed by atoms with Crippen LogP contribution in [0.15, 0.2) is 61.3 Å². The van der Waals surface area contributed by atoms with Crippen molar-refractivity contribution < 1.29 is 9.90 Å². The number of carboxylic acids is 1. The molecule has 0 rings (SSSR count). The second-order valence-electron chi connectivity index (χ2n) is 5.11. The van der Waals surface area contributed by atoms with Crippen molar-refractivity contribution in [2.75, 3.05) is 0 Å². The molecule has 2 nitrogen and oxygen atoms in total. The van der Waals surface area contributed by atoms with Gasteiger partial charge in [-0.1, -0.05) is 61.1 Å². The van der Waals surface area contributed by atoms with Gasteiger partial charge in [-0.25, -0.2) is 0 Å². The molecule has 0 aromatic rings. The van der Waals surface area contributed by atoms with Gasteiger partial charge in [0.2, 0.25) is 0 Å². The first-order valence-electron chi connectivity index (χ1n) is 8.20. The topological polar surface area (TPSA) is 37.3 Å². The van der Waals surface area contributed by atoms with Gasteiger partial charge in [-0.2, -0.15) is 0 Å². The monoisotopic (exact) mass is 302 g/mol. The van der Waals surface area contributed by atoms with Crippen molar-refractivity contribution in [3.05, 3.63) is 61.3 Å². The maximum absolute atomic E-state index is 10.3. The molecule has 0 unspecified atom stereocenters. The summed E-state index contributed by atoms with van der Waals surface area (Å²) in [6, 6.07) is 0. The third-order valence-electron chi connectivity index (χ3n) is 3.05. The van der Waals surface area contributed by atoms with Gasteiger partial charge in [0.25, 0.3) is 0 Å². The van der Waals surface area contributed by atoms with Gasteiger partial charge in [0.15, 0.2) is 0 Å². The fraction of sp³-hybridized carbons (Fsp3) is 0.450. The van der Waals surface area contributed by atoms with Crippen LogP contribution in [0.4, 0.5) is 0 Å². The van der Waals surface area contributed by atoms with Crippen molar-refractivity contribution in [1.82, 2.24) is 0 Å². The number of hydrogen-bond donors (Lipinski definition) is 1. The maximum Gasteiger partial charge on any atom is 0.303 e. The summed E-state index contributed by atoms with van der Waals surface area (Å²) < 4.78 is 0. The second-order valence-corrected chi connectivity index (χ2v) is 5.11. The highest BCUT2D eigenvalue weighted by molar-refractivity contribution is 5.66. The minimum absolute atomic E-state index is 0.296. The molecule has 0 amide bonds. The number of allylic oxidation sites excluding steroid dienone is 9. The fourth-order valence-corrected chi connectivity index (χ4v) is 1.84. The van der Waals surface area contributed by atoms with Crippen molar-refractivity contribution >= 4 is 5.97 Å². The molecule has 0 radical (unpaired) electrons. The van der Waals surface area contributed by atoms with Gasteiger partial charge >= 0.3 is 5.97 Å². The number of carbonyl (C=O) groups is 1. The largest absolute Gasteiger partial charge is 0.481 e. The average molecular weight is 302 g/mol. The standard InChI is InChI=1S/C20H30O2/c1-2-3-4-5-6-7-8-9-10-11-12-13-14-15-16-17-18-19-20(21)22/h2,4-5,7-8,10-11,13-14H,1,3,6,9,12,15-19H2,(H,21,22)/b5-4+,8-7+,11-10+,14-13+. The summed E-state index contributed by atoms with van der Waals surface area (Å²) in [5.74, 6) is -0.692. The molecule has 2 heteroatoms. The van der Waals surface area contributed by atoms with Crippen LogP contribution in [-0.2, 0) is 4.79 Å². The first kappa shape index (κ1) is 20.2. The zero-order valence-electron chi connectivity index (χ0n) is 13.6. The van der Waals surface area contributed by atoms with Crippen molar-refractivity contribution in [2.24, 2.45) is 0 Å². The van der Waals surface area contributed by atoms with E-state index in [1.165, 1.54) is 0 Å². The molecule has 0 aromatic heterocycles. The molecular weight excluding hydrogens is 272 g/mol. The molecule has 0 spiro atoms. The van der Waals surface area contributed by atoms with E-state index in [-0.39, 0.29) is 0 Å². The Hall–Kier alpha value is -1.83. The molecule has 0 saturated carbocycles. The van der Waals surface area contributed by atoms with Crippen molar-refractivity contribution in [3.63, 3.8) is 0 Å². The molecule has 122 valence electrons. The van der Waals surface area contributed by atoms with E-state index in [2.05, 4.69) is 55.2 Å². The Balaban J connectivity index is 3.38. The number of unbranched alkanes of at least 4 members (excludes halogenated alkanes) is 3. The van der Waals surface area contributed by atoms with Crippen LogP contribution in [0.3, 0.4) is 0 Å². The van der Waals surface area contributed by atoms with E-state index in [0.717, 1.165) is 51.4 Å². The van der Waals surface area contributed by atoms with Crippen LogP contribution >= 0.6 is 0 Å². The number of carboxylic acid groups (broad SMARTS) is 1. The quantitative estimate of drug-likeness (QED) is 0.316. The average Bonchev–Trinajstić information content (AvgIpc) is 2.50. The zero-order valence-corrected chi connectivity index (χ0v) is 13.6. The molecule has 0 aliphatic carbocycles. The summed E-state index contributed by atoms with van der Waals surface area (Å²) in [7, 11) is 0. The molecule has 0 bridgehead atoms. The lowest BCUT2D eigenvalue weighted by Crippen LogP contribution is -1.93. The third-order valence-corrected chi connectivity index (χ3v) is 3.05. The SMILES string of the molecule is C=CC/C=C/C/C=C/C/C=C/C/C=C/CCCCCC(=O)O. The molecular formula is C20H30O2. The fourth-order valence-electron chi connectivity index (χ4n) is 1.84. The smallest absolute Gasteiger partial charge is 0.303 e. The first-order chi connectivity index (χ1) is 10.8. The van der Waals surface area contributed by atoms with E-state index >= 15 is 0 Å². The van der Waals surface area contributed by atoms with Gasteiger partial charge < -0.3 is 5.11 Å². The van der Waals surface area contributed by atoms with E-state index in [1.807, 2.05) is 6.08 Å². The Labute approximate surface area is 135 Å². The van der Waals surface area contributed by atoms with Crippen molar-refractivity contribution in [3.8, 4) is 0 Å². The van der Waals surface area contributed by atoms with Gasteiger partial charge in [0.1, 0.15) is 0 Å². The van der Waals surface area contributed by atoms with Gasteiger partial charge in [0.05, 0.1) is 0 Å². The van der Waals surface area contributed by atoms with Gasteiger partial charge in [-0.05, 0) is 44.9 Å². The molecule has 22 heavy (non-hydrogen) atoms. The molecule has 0 fully saturated rings. The summed E-state index contributed by atoms with van der Waals surface area (Å²) >= 11 is 0. The van der Waals surface area contributed by atoms with Gasteiger partial charge in [-0.15, -0.1) is 6.58 Å². The molecule has 0 aromatic carbocycles. The number of rotatable bonds is 14. The Morgan fingerprint density at radius 2 is 1.23 bits per heavy atom.